The molecule has 1 aliphatic carbocycles. The number of amides is 3. The highest BCUT2D eigenvalue weighted by Crippen LogP contribution is 2.39. The number of carbonyl (C=O) groups excluding carboxylic acids is 4. The lowest BCUT2D eigenvalue weighted by molar-refractivity contribution is -0.134. The highest BCUT2D eigenvalue weighted by atomic mass is 32.1. The number of piperazine rings is 1. The van der Waals surface area contributed by atoms with Gasteiger partial charge in [0.1, 0.15) is 17.2 Å². The predicted molar refractivity (Wildman–Crippen MR) is 303 cm³/mol. The molecule has 3 aromatic heterocycles. The van der Waals surface area contributed by atoms with Gasteiger partial charge in [-0.1, -0.05) is 59.9 Å². The van der Waals surface area contributed by atoms with E-state index in [0.717, 1.165) is 119 Å². The molecule has 2 N–H and O–H groups in total. The highest BCUT2D eigenvalue weighted by molar-refractivity contribution is 7.22. The molecule has 11 rings (SSSR count). The Labute approximate surface area is 454 Å². The number of imide groups is 1. The lowest BCUT2D eigenvalue weighted by Gasteiger charge is -2.41. The number of thiazole rings is 1. The zero-order valence-electron chi connectivity index (χ0n) is 45.1. The molecule has 4 aliphatic rings. The van der Waals surface area contributed by atoms with Crippen molar-refractivity contribution in [2.75, 3.05) is 47.8 Å². The van der Waals surface area contributed by atoms with Crippen molar-refractivity contribution < 1.29 is 28.7 Å². The molecule has 1 saturated carbocycles. The van der Waals surface area contributed by atoms with Crippen LogP contribution in [-0.2, 0) is 34.3 Å². The lowest BCUT2D eigenvalue weighted by Crippen LogP contribution is -2.52. The monoisotopic (exact) mass is 1060 g/mol. The van der Waals surface area contributed by atoms with E-state index in [1.54, 1.807) is 0 Å². The van der Waals surface area contributed by atoms with E-state index in [4.69, 9.17) is 19.6 Å². The van der Waals surface area contributed by atoms with Crippen LogP contribution in [0.25, 0.3) is 32.2 Å². The lowest BCUT2D eigenvalue weighted by atomic mass is 9.84. The van der Waals surface area contributed by atoms with Crippen LogP contribution >= 0.6 is 11.3 Å². The number of hydrogen-bond donors (Lipinski definition) is 2. The van der Waals surface area contributed by atoms with Crippen molar-refractivity contribution in [1.82, 2.24) is 30.0 Å². The van der Waals surface area contributed by atoms with E-state index in [-0.39, 0.29) is 29.5 Å². The van der Waals surface area contributed by atoms with Crippen molar-refractivity contribution in [1.29, 1.82) is 0 Å². The summed E-state index contributed by atoms with van der Waals surface area (Å²) in [5, 5.41) is 11.9. The largest absolute Gasteiger partial charge is 0.490 e. The number of carbonyl (C=O) groups is 4. The topological polar surface area (TPSA) is 164 Å². The number of nitrogens with zero attached hydrogens (tertiary/aromatic N) is 7. The number of rotatable bonds is 13. The van der Waals surface area contributed by atoms with Crippen LogP contribution in [0.1, 0.15) is 128 Å². The van der Waals surface area contributed by atoms with E-state index < -0.39 is 17.5 Å². The molecule has 3 aliphatic heterocycles. The highest BCUT2D eigenvalue weighted by Gasteiger charge is 2.34. The summed E-state index contributed by atoms with van der Waals surface area (Å²) in [6, 6.07) is 30.4. The Bertz CT molecular complexity index is 3360. The van der Waals surface area contributed by atoms with Crippen molar-refractivity contribution in [2.45, 2.75) is 123 Å². The molecule has 1 unspecified atom stereocenters. The van der Waals surface area contributed by atoms with Gasteiger partial charge in [0.05, 0.1) is 39.1 Å². The van der Waals surface area contributed by atoms with Crippen molar-refractivity contribution >= 4 is 72.8 Å². The summed E-state index contributed by atoms with van der Waals surface area (Å²) in [6.45, 7) is 15.0. The Morgan fingerprint density at radius 2 is 1.65 bits per heavy atom. The number of hydrogen-bond acceptors (Lipinski definition) is 13. The Hall–Kier alpha value is -7.17. The molecule has 0 radical (unpaired) electrons. The minimum atomic E-state index is -0.735. The van der Waals surface area contributed by atoms with E-state index in [1.807, 2.05) is 99.2 Å². The number of aryl methyl sites for hydroxylation is 1. The third kappa shape index (κ3) is 11.0. The van der Waals surface area contributed by atoms with Gasteiger partial charge in [0, 0.05) is 68.7 Å². The number of benzene rings is 4. The number of fused-ring (bicyclic) bond motifs is 3. The van der Waals surface area contributed by atoms with Gasteiger partial charge < -0.3 is 19.3 Å². The first-order valence-corrected chi connectivity index (χ1v) is 28.3. The van der Waals surface area contributed by atoms with Crippen LogP contribution in [0.2, 0.25) is 0 Å². The molecule has 2 atom stereocenters. The van der Waals surface area contributed by atoms with Crippen LogP contribution in [0.4, 0.5) is 16.6 Å². The predicted octanol–water partition coefficient (Wildman–Crippen LogP) is 10.8. The number of ether oxygens (including phenoxy) is 2. The van der Waals surface area contributed by atoms with Gasteiger partial charge in [-0.25, -0.2) is 14.8 Å². The summed E-state index contributed by atoms with van der Waals surface area (Å²) in [6.07, 6.45) is 8.26. The van der Waals surface area contributed by atoms with E-state index in [0.29, 0.717) is 66.4 Å². The molecule has 0 bridgehead atoms. The third-order valence-corrected chi connectivity index (χ3v) is 17.0. The fraction of sp³-hybridized carbons (Fsp3) is 0.426. The van der Waals surface area contributed by atoms with E-state index in [2.05, 4.69) is 68.4 Å². The molecule has 16 heteroatoms. The summed E-state index contributed by atoms with van der Waals surface area (Å²) < 4.78 is 15.7. The summed E-state index contributed by atoms with van der Waals surface area (Å²) in [7, 11) is 1.95. The molecule has 3 amide bonds. The number of pyridine rings is 1. The van der Waals surface area contributed by atoms with Crippen LogP contribution in [0, 0.1) is 12.8 Å². The Kier molecular flexibility index (Phi) is 14.6. The molecule has 7 aromatic rings. The maximum absolute atomic E-state index is 14.2. The Balaban J connectivity index is 0.706. The molecule has 3 fully saturated rings. The SMILES string of the molecule is Cc1c(OC2CCC(CCCN3CCN(c4cccc5c(C6CCC(=O)NC6=O)nn(C)c45)C[C@H]3C)CC2)cccc1-c1ccc(N2CCc3cccc(C(=O)Nc4nc5ccccc5s4)c3C2)nc1C(=O)OC(C)(C)C. The number of aromatic nitrogens is 4. The van der Waals surface area contributed by atoms with Crippen LogP contribution < -0.4 is 25.2 Å². The summed E-state index contributed by atoms with van der Waals surface area (Å²) in [5.41, 5.74) is 8.43. The molecule has 4 aromatic carbocycles. The molecular weight excluding hydrogens is 987 g/mol. The van der Waals surface area contributed by atoms with Crippen molar-refractivity contribution in [2.24, 2.45) is 13.0 Å². The molecule has 15 nitrogen and oxygen atoms in total. The minimum absolute atomic E-state index is 0.110. The first-order chi connectivity index (χ1) is 37.1. The van der Waals surface area contributed by atoms with Crippen molar-refractivity contribution in [3.05, 3.63) is 125 Å². The van der Waals surface area contributed by atoms with Gasteiger partial charge in [0.25, 0.3) is 5.91 Å². The van der Waals surface area contributed by atoms with Gasteiger partial charge in [-0.2, -0.15) is 5.10 Å². The summed E-state index contributed by atoms with van der Waals surface area (Å²) in [4.78, 5) is 69.6. The van der Waals surface area contributed by atoms with Gasteiger partial charge in [-0.15, -0.1) is 0 Å². The fourth-order valence-corrected chi connectivity index (χ4v) is 13.0. The molecule has 6 heterocycles. The second kappa shape index (κ2) is 21.7. The first kappa shape index (κ1) is 51.9. The number of anilines is 3. The smallest absolute Gasteiger partial charge is 0.358 e. The molecule has 0 spiro atoms. The van der Waals surface area contributed by atoms with Crippen LogP contribution in [0.3, 0.4) is 0 Å². The first-order valence-electron chi connectivity index (χ1n) is 27.5. The van der Waals surface area contributed by atoms with Crippen LogP contribution in [0.5, 0.6) is 5.75 Å². The van der Waals surface area contributed by atoms with Crippen molar-refractivity contribution in [3.63, 3.8) is 0 Å². The van der Waals surface area contributed by atoms with E-state index in [1.165, 1.54) is 17.8 Å². The maximum Gasteiger partial charge on any atom is 0.358 e. The quantitative estimate of drug-likeness (QED) is 0.0831. The van der Waals surface area contributed by atoms with E-state index >= 15 is 0 Å². The van der Waals surface area contributed by atoms with Crippen LogP contribution in [0.15, 0.2) is 91.0 Å². The second-order valence-corrected chi connectivity index (χ2v) is 23.5. The molecular formula is C61H69N9O6S. The average Bonchev–Trinajstić information content (AvgIpc) is 3.99. The Morgan fingerprint density at radius 1 is 0.844 bits per heavy atom. The van der Waals surface area contributed by atoms with Crippen LogP contribution in [-0.4, -0.2) is 98.8 Å². The molecule has 400 valence electrons. The van der Waals surface area contributed by atoms with Crippen molar-refractivity contribution in [3.8, 4) is 16.9 Å². The van der Waals surface area contributed by atoms with Gasteiger partial charge in [0.15, 0.2) is 10.8 Å². The van der Waals surface area contributed by atoms with Gasteiger partial charge >= 0.3 is 5.97 Å². The minimum Gasteiger partial charge on any atom is -0.490 e. The number of nitrogens with one attached hydrogen (secondary N) is 2. The number of para-hydroxylation sites is 2. The summed E-state index contributed by atoms with van der Waals surface area (Å²) in [5.74, 6) is 0.525. The molecule has 77 heavy (non-hydrogen) atoms. The van der Waals surface area contributed by atoms with Gasteiger partial charge in [0.2, 0.25) is 11.8 Å². The standard InChI is InChI=1S/C61H69N9O6S/c1-37-35-69(49-19-10-17-45-54(66-67(6)56(45)49)46-27-29-53(71)64-58(46)73)34-33-68(37)31-12-13-39-22-24-41(25-23-39)75-50-20-11-15-42(38(50)2)43-26-28-52(63-55(43)59(74)76-61(3,4)5)70-32-30-40-14-9-16-44(47(40)36-70)57(72)65-60-62-48-18-7-8-21-51(48)77-60/h7-11,14-21,26,28,37,39,41,46H,12-13,22-25,27,29-36H2,1-6H3,(H,62,65,72)(H,64,71,73)/t37-,39?,41?,46?/m1/s1. The Morgan fingerprint density at radius 3 is 2.44 bits per heavy atom. The zero-order valence-corrected chi connectivity index (χ0v) is 45.9. The van der Waals surface area contributed by atoms with E-state index in [9.17, 15) is 19.2 Å². The summed E-state index contributed by atoms with van der Waals surface area (Å²) >= 11 is 1.45. The number of esters is 1. The second-order valence-electron chi connectivity index (χ2n) is 22.5. The molecule has 2 saturated heterocycles. The van der Waals surface area contributed by atoms with Gasteiger partial charge in [-0.05, 0) is 163 Å². The zero-order chi connectivity index (χ0) is 53.5. The van der Waals surface area contributed by atoms with Gasteiger partial charge in [-0.3, -0.25) is 34.6 Å². The third-order valence-electron chi connectivity index (χ3n) is 16.1. The maximum atomic E-state index is 14.2. The normalized spacial score (nSPS) is 20.3. The average molecular weight is 1060 g/mol. The fourth-order valence-electron chi connectivity index (χ4n) is 12.1. The number of piperidine rings is 1.